The minimum atomic E-state index is 0.696. The van der Waals surface area contributed by atoms with Crippen LogP contribution in [0.1, 0.15) is 18.7 Å². The molecule has 0 saturated carbocycles. The molecule has 0 spiro atoms. The Morgan fingerprint density at radius 1 is 1.41 bits per heavy atom. The van der Waals surface area contributed by atoms with E-state index in [0.29, 0.717) is 5.92 Å². The number of rotatable bonds is 2. The zero-order valence-electron chi connectivity index (χ0n) is 10.1. The van der Waals surface area contributed by atoms with Crippen molar-refractivity contribution in [3.05, 3.63) is 24.2 Å². The third-order valence-electron chi connectivity index (χ3n) is 3.48. The van der Waals surface area contributed by atoms with Crippen LogP contribution in [0, 0.1) is 12.8 Å². The normalized spacial score (nSPS) is 17.7. The largest absolute Gasteiger partial charge is 0.381 e. The summed E-state index contributed by atoms with van der Waals surface area (Å²) >= 11 is 0. The minimum absolute atomic E-state index is 0.696. The molecular weight excluding hydrogens is 214 g/mol. The maximum Gasteiger partial charge on any atom is 0.159 e. The molecule has 0 N–H and O–H groups in total. The Kier molecular flexibility index (Phi) is 2.81. The standard InChI is InChI=1S/C13H17N3O/c1-10-15-12-3-2-6-14-13(12)16(10)9-11-4-7-17-8-5-11/h2-3,6,11H,4-5,7-9H2,1H3. The summed E-state index contributed by atoms with van der Waals surface area (Å²) < 4.78 is 7.64. The van der Waals surface area contributed by atoms with Crippen LogP contribution >= 0.6 is 0 Å². The number of pyridine rings is 1. The summed E-state index contributed by atoms with van der Waals surface area (Å²) in [5.74, 6) is 1.76. The van der Waals surface area contributed by atoms with Gasteiger partial charge in [0.2, 0.25) is 0 Å². The molecule has 0 aliphatic carbocycles. The fraction of sp³-hybridized carbons (Fsp3) is 0.538. The van der Waals surface area contributed by atoms with Gasteiger partial charge in [-0.25, -0.2) is 9.97 Å². The van der Waals surface area contributed by atoms with Crippen LogP contribution in [0.5, 0.6) is 0 Å². The number of nitrogens with zero attached hydrogens (tertiary/aromatic N) is 3. The number of aromatic nitrogens is 3. The minimum Gasteiger partial charge on any atom is -0.381 e. The van der Waals surface area contributed by atoms with E-state index in [1.54, 1.807) is 0 Å². The molecule has 1 aliphatic heterocycles. The maximum absolute atomic E-state index is 5.40. The number of hydrogen-bond acceptors (Lipinski definition) is 3. The molecule has 0 unspecified atom stereocenters. The van der Waals surface area contributed by atoms with Crippen molar-refractivity contribution in [1.29, 1.82) is 0 Å². The number of fused-ring (bicyclic) bond motifs is 1. The molecule has 2 aromatic heterocycles. The van der Waals surface area contributed by atoms with E-state index in [0.717, 1.165) is 49.6 Å². The fourth-order valence-corrected chi connectivity index (χ4v) is 2.48. The van der Waals surface area contributed by atoms with Crippen molar-refractivity contribution in [1.82, 2.24) is 14.5 Å². The summed E-state index contributed by atoms with van der Waals surface area (Å²) in [7, 11) is 0. The summed E-state index contributed by atoms with van der Waals surface area (Å²) in [6.45, 7) is 4.86. The third kappa shape index (κ3) is 2.05. The second-order valence-electron chi connectivity index (χ2n) is 4.67. The summed E-state index contributed by atoms with van der Waals surface area (Å²) in [4.78, 5) is 8.98. The van der Waals surface area contributed by atoms with Crippen LogP contribution in [0.15, 0.2) is 18.3 Å². The second-order valence-corrected chi connectivity index (χ2v) is 4.67. The summed E-state index contributed by atoms with van der Waals surface area (Å²) in [5.41, 5.74) is 2.01. The topological polar surface area (TPSA) is 39.9 Å². The summed E-state index contributed by atoms with van der Waals surface area (Å²) in [6.07, 6.45) is 4.13. The molecule has 1 aliphatic rings. The average Bonchev–Trinajstić information content (AvgIpc) is 2.68. The Morgan fingerprint density at radius 2 is 2.24 bits per heavy atom. The Hall–Kier alpha value is -1.42. The molecule has 0 atom stereocenters. The molecule has 1 fully saturated rings. The maximum atomic E-state index is 5.40. The van der Waals surface area contributed by atoms with Gasteiger partial charge in [-0.3, -0.25) is 0 Å². The first kappa shape index (κ1) is 10.7. The van der Waals surface area contributed by atoms with Gasteiger partial charge in [-0.15, -0.1) is 0 Å². The highest BCUT2D eigenvalue weighted by Gasteiger charge is 2.17. The number of hydrogen-bond donors (Lipinski definition) is 0. The lowest BCUT2D eigenvalue weighted by atomic mass is 10.0. The zero-order chi connectivity index (χ0) is 11.7. The smallest absolute Gasteiger partial charge is 0.159 e. The molecule has 0 aromatic carbocycles. The lowest BCUT2D eigenvalue weighted by Crippen LogP contribution is -2.21. The van der Waals surface area contributed by atoms with Crippen molar-refractivity contribution in [3.63, 3.8) is 0 Å². The quantitative estimate of drug-likeness (QED) is 0.795. The van der Waals surface area contributed by atoms with Crippen molar-refractivity contribution in [3.8, 4) is 0 Å². The predicted octanol–water partition coefficient (Wildman–Crippen LogP) is 2.17. The van der Waals surface area contributed by atoms with Gasteiger partial charge in [0.15, 0.2) is 5.65 Å². The van der Waals surface area contributed by atoms with Crippen LogP contribution in [0.3, 0.4) is 0 Å². The van der Waals surface area contributed by atoms with Gasteiger partial charge >= 0.3 is 0 Å². The van der Waals surface area contributed by atoms with Gasteiger partial charge in [0.05, 0.1) is 0 Å². The first-order chi connectivity index (χ1) is 8.34. The van der Waals surface area contributed by atoms with Gasteiger partial charge in [0.25, 0.3) is 0 Å². The molecule has 17 heavy (non-hydrogen) atoms. The van der Waals surface area contributed by atoms with Gasteiger partial charge in [-0.2, -0.15) is 0 Å². The van der Waals surface area contributed by atoms with Gasteiger partial charge < -0.3 is 9.30 Å². The van der Waals surface area contributed by atoms with Crippen LogP contribution in [-0.2, 0) is 11.3 Å². The molecular formula is C13H17N3O. The van der Waals surface area contributed by atoms with E-state index < -0.39 is 0 Å². The molecule has 90 valence electrons. The van der Waals surface area contributed by atoms with Crippen molar-refractivity contribution >= 4 is 11.2 Å². The molecule has 3 rings (SSSR count). The van der Waals surface area contributed by atoms with Gasteiger partial charge in [-0.1, -0.05) is 0 Å². The first-order valence-corrected chi connectivity index (χ1v) is 6.20. The average molecular weight is 231 g/mol. The summed E-state index contributed by atoms with van der Waals surface area (Å²) in [6, 6.07) is 3.96. The SMILES string of the molecule is Cc1nc2cccnc2n1CC1CCOCC1. The number of aryl methyl sites for hydroxylation is 1. The van der Waals surface area contributed by atoms with Crippen LogP contribution in [0.2, 0.25) is 0 Å². The highest BCUT2D eigenvalue weighted by molar-refractivity contribution is 5.70. The van der Waals surface area contributed by atoms with Crippen molar-refractivity contribution in [2.75, 3.05) is 13.2 Å². The van der Waals surface area contributed by atoms with E-state index in [1.165, 1.54) is 0 Å². The van der Waals surface area contributed by atoms with Crippen molar-refractivity contribution < 1.29 is 4.74 Å². The molecule has 4 nitrogen and oxygen atoms in total. The van der Waals surface area contributed by atoms with E-state index in [1.807, 2.05) is 18.3 Å². The Morgan fingerprint density at radius 3 is 3.06 bits per heavy atom. The third-order valence-corrected chi connectivity index (χ3v) is 3.48. The van der Waals surface area contributed by atoms with Gasteiger partial charge in [0.1, 0.15) is 11.3 Å². The predicted molar refractivity (Wildman–Crippen MR) is 65.8 cm³/mol. The number of imidazole rings is 1. The van der Waals surface area contributed by atoms with Gasteiger partial charge in [0, 0.05) is 26.0 Å². The Balaban J connectivity index is 1.90. The fourth-order valence-electron chi connectivity index (χ4n) is 2.48. The lowest BCUT2D eigenvalue weighted by molar-refractivity contribution is 0.0614. The van der Waals surface area contributed by atoms with Crippen LogP contribution in [-0.4, -0.2) is 27.7 Å². The molecule has 0 bridgehead atoms. The van der Waals surface area contributed by atoms with E-state index in [9.17, 15) is 0 Å². The van der Waals surface area contributed by atoms with E-state index >= 15 is 0 Å². The summed E-state index contributed by atoms with van der Waals surface area (Å²) in [5, 5.41) is 0. The van der Waals surface area contributed by atoms with Crippen molar-refractivity contribution in [2.45, 2.75) is 26.3 Å². The van der Waals surface area contributed by atoms with E-state index in [2.05, 4.69) is 21.5 Å². The molecule has 0 amide bonds. The molecule has 1 saturated heterocycles. The molecule has 0 radical (unpaired) electrons. The van der Waals surface area contributed by atoms with Crippen LogP contribution in [0.4, 0.5) is 0 Å². The van der Waals surface area contributed by atoms with Crippen LogP contribution < -0.4 is 0 Å². The molecule has 2 aromatic rings. The van der Waals surface area contributed by atoms with Crippen molar-refractivity contribution in [2.24, 2.45) is 5.92 Å². The van der Waals surface area contributed by atoms with Crippen LogP contribution in [0.25, 0.3) is 11.2 Å². The lowest BCUT2D eigenvalue weighted by Gasteiger charge is -2.22. The van der Waals surface area contributed by atoms with E-state index in [-0.39, 0.29) is 0 Å². The molecule has 4 heteroatoms. The Bertz CT molecular complexity index is 514. The highest BCUT2D eigenvalue weighted by atomic mass is 16.5. The second kappa shape index (κ2) is 4.45. The number of ether oxygens (including phenoxy) is 1. The highest BCUT2D eigenvalue weighted by Crippen LogP contribution is 2.20. The monoisotopic (exact) mass is 231 g/mol. The molecule has 3 heterocycles. The van der Waals surface area contributed by atoms with E-state index in [4.69, 9.17) is 4.74 Å². The first-order valence-electron chi connectivity index (χ1n) is 6.20. The zero-order valence-corrected chi connectivity index (χ0v) is 10.1. The Labute approximate surface area is 101 Å². The van der Waals surface area contributed by atoms with Gasteiger partial charge in [-0.05, 0) is 37.8 Å².